The molecule has 1 saturated heterocycles. The van der Waals surface area contributed by atoms with Gasteiger partial charge in [0.25, 0.3) is 0 Å². The van der Waals surface area contributed by atoms with E-state index in [9.17, 15) is 41.4 Å². The van der Waals surface area contributed by atoms with Crippen LogP contribution >= 0.6 is 11.3 Å². The van der Waals surface area contributed by atoms with Crippen LogP contribution in [0.5, 0.6) is 5.88 Å². The Bertz CT molecular complexity index is 1630. The number of benzene rings is 2. The van der Waals surface area contributed by atoms with E-state index < -0.39 is 53.2 Å². The van der Waals surface area contributed by atoms with Crippen molar-refractivity contribution in [2.24, 2.45) is 16.1 Å². The van der Waals surface area contributed by atoms with Crippen molar-refractivity contribution in [1.29, 1.82) is 0 Å². The van der Waals surface area contributed by atoms with E-state index in [0.717, 1.165) is 17.4 Å². The smallest absolute Gasteiger partial charge is 0.416 e. The van der Waals surface area contributed by atoms with Gasteiger partial charge in [-0.1, -0.05) is 23.5 Å². The molecule has 1 atom stereocenters. The minimum absolute atomic E-state index is 0.0823. The van der Waals surface area contributed by atoms with Crippen LogP contribution in [-0.4, -0.2) is 40.5 Å². The SMILES string of the molecule is O=C(O)[C@@H]1CCCN(c2nc(O)c(C(Cc3ccc(C(F)(F)F)cc3C(F)(F)F)=c3ccc4c(c3)C=NN=4)s2)C1. The third-order valence-corrected chi connectivity index (χ3v) is 7.93. The van der Waals surface area contributed by atoms with Crippen LogP contribution in [0, 0.1) is 5.92 Å². The molecule has 0 saturated carbocycles. The van der Waals surface area contributed by atoms with Crippen LogP contribution in [0.25, 0.3) is 5.57 Å². The predicted octanol–water partition coefficient (Wildman–Crippen LogP) is 4.60. The van der Waals surface area contributed by atoms with Gasteiger partial charge in [-0.2, -0.15) is 41.5 Å². The highest BCUT2D eigenvalue weighted by Crippen LogP contribution is 2.41. The molecule has 3 aromatic rings. The van der Waals surface area contributed by atoms with Gasteiger partial charge in [-0.3, -0.25) is 4.79 Å². The quantitative estimate of drug-likeness (QED) is 0.429. The van der Waals surface area contributed by atoms with Gasteiger partial charge in [0, 0.05) is 25.1 Å². The maximum absolute atomic E-state index is 14.0. The van der Waals surface area contributed by atoms with E-state index in [2.05, 4.69) is 15.2 Å². The first-order valence-electron chi connectivity index (χ1n) is 12.0. The van der Waals surface area contributed by atoms with Crippen molar-refractivity contribution in [2.45, 2.75) is 31.6 Å². The maximum atomic E-state index is 14.0. The molecule has 0 amide bonds. The summed E-state index contributed by atoms with van der Waals surface area (Å²) in [6.07, 6.45) is -8.03. The first-order valence-corrected chi connectivity index (χ1v) is 12.8. The van der Waals surface area contributed by atoms with Gasteiger partial charge in [0.05, 0.1) is 33.5 Å². The number of carbonyl (C=O) groups is 1. The molecule has 0 aliphatic carbocycles. The number of fused-ring (bicyclic) bond motifs is 1. The summed E-state index contributed by atoms with van der Waals surface area (Å²) < 4.78 is 81.6. The van der Waals surface area contributed by atoms with Crippen molar-refractivity contribution in [1.82, 2.24) is 4.98 Å². The number of thiazole rings is 1. The molecule has 7 nitrogen and oxygen atoms in total. The molecule has 2 aliphatic heterocycles. The topological polar surface area (TPSA) is 98.4 Å². The van der Waals surface area contributed by atoms with Crippen LogP contribution in [0.15, 0.2) is 46.6 Å². The molecule has 1 fully saturated rings. The summed E-state index contributed by atoms with van der Waals surface area (Å²) in [6.45, 7) is 0.616. The fourth-order valence-electron chi connectivity index (χ4n) is 4.75. The number of hydrogen-bond acceptors (Lipinski definition) is 7. The summed E-state index contributed by atoms with van der Waals surface area (Å²) in [7, 11) is 0. The largest absolute Gasteiger partial charge is 0.492 e. The predicted molar refractivity (Wildman–Crippen MR) is 134 cm³/mol. The number of aromatic hydroxyl groups is 1. The number of piperidine rings is 1. The molecule has 0 bridgehead atoms. The molecule has 0 radical (unpaired) electrons. The molecule has 210 valence electrons. The van der Waals surface area contributed by atoms with Gasteiger partial charge in [0.1, 0.15) is 0 Å². The molecule has 2 aromatic carbocycles. The molecule has 0 spiro atoms. The van der Waals surface area contributed by atoms with Crippen molar-refractivity contribution < 1.29 is 41.4 Å². The van der Waals surface area contributed by atoms with E-state index in [1.54, 1.807) is 23.1 Å². The average Bonchev–Trinajstić information content (AvgIpc) is 3.52. The highest BCUT2D eigenvalue weighted by Gasteiger charge is 2.38. The van der Waals surface area contributed by atoms with Crippen LogP contribution in [0.3, 0.4) is 0 Å². The third kappa shape index (κ3) is 5.53. The van der Waals surface area contributed by atoms with Crippen LogP contribution in [0.1, 0.15) is 40.0 Å². The van der Waals surface area contributed by atoms with Crippen LogP contribution < -0.4 is 15.5 Å². The van der Waals surface area contributed by atoms with Gasteiger partial charge in [0.15, 0.2) is 5.13 Å². The lowest BCUT2D eigenvalue weighted by molar-refractivity contribution is -0.144. The molecular weight excluding hydrogens is 562 g/mol. The van der Waals surface area contributed by atoms with Crippen molar-refractivity contribution in [3.05, 3.63) is 74.1 Å². The zero-order valence-electron chi connectivity index (χ0n) is 20.4. The number of rotatable bonds is 5. The van der Waals surface area contributed by atoms with E-state index in [0.29, 0.717) is 41.6 Å². The zero-order valence-corrected chi connectivity index (χ0v) is 21.2. The normalized spacial score (nSPS) is 17.9. The zero-order chi connectivity index (χ0) is 28.8. The molecule has 5 rings (SSSR count). The van der Waals surface area contributed by atoms with Gasteiger partial charge in [0.2, 0.25) is 5.88 Å². The maximum Gasteiger partial charge on any atom is 0.416 e. The Labute approximate surface area is 226 Å². The second kappa shape index (κ2) is 10.2. The van der Waals surface area contributed by atoms with E-state index in [4.69, 9.17) is 0 Å². The first kappa shape index (κ1) is 27.6. The number of aromatic nitrogens is 1. The summed E-state index contributed by atoms with van der Waals surface area (Å²) in [5, 5.41) is 29.2. The molecule has 2 N–H and O–H groups in total. The van der Waals surface area contributed by atoms with Crippen LogP contribution in [-0.2, 0) is 23.6 Å². The lowest BCUT2D eigenvalue weighted by Crippen LogP contribution is -2.38. The molecular formula is C26H20F6N4O3S. The molecule has 1 aromatic heterocycles. The number of anilines is 1. The monoisotopic (exact) mass is 582 g/mol. The van der Waals surface area contributed by atoms with Crippen LogP contribution in [0.4, 0.5) is 31.5 Å². The van der Waals surface area contributed by atoms with Gasteiger partial charge in [-0.05, 0) is 53.5 Å². The number of alkyl halides is 6. The Morgan fingerprint density at radius 2 is 1.85 bits per heavy atom. The van der Waals surface area contributed by atoms with E-state index in [1.807, 2.05) is 0 Å². The van der Waals surface area contributed by atoms with Crippen molar-refractivity contribution in [2.75, 3.05) is 18.0 Å². The van der Waals surface area contributed by atoms with Crippen molar-refractivity contribution in [3.63, 3.8) is 0 Å². The Balaban J connectivity index is 1.65. The van der Waals surface area contributed by atoms with E-state index in [1.165, 1.54) is 6.21 Å². The molecule has 0 unspecified atom stereocenters. The molecule has 40 heavy (non-hydrogen) atoms. The molecule has 14 heteroatoms. The van der Waals surface area contributed by atoms with Crippen molar-refractivity contribution in [3.8, 4) is 5.88 Å². The van der Waals surface area contributed by atoms with E-state index in [-0.39, 0.29) is 28.2 Å². The average molecular weight is 583 g/mol. The lowest BCUT2D eigenvalue weighted by atomic mass is 9.94. The van der Waals surface area contributed by atoms with Crippen LogP contribution in [0.2, 0.25) is 0 Å². The Hall–Kier alpha value is -3.94. The standard InChI is InChI=1S/C26H20F6N4O3S/c27-25(28,29)17-5-3-14(19(10-17)26(30,31)32)9-18(13-4-6-20-16(8-13)11-33-35-20)21-22(37)34-24(40-21)36-7-1-2-15(12-36)23(38)39/h3-6,8,10-11,15,37H,1-2,7,9,12H2,(H,38,39)/t15-/m1/s1. The lowest BCUT2D eigenvalue weighted by Gasteiger charge is -2.30. The summed E-state index contributed by atoms with van der Waals surface area (Å²) in [5.74, 6) is -2.09. The summed E-state index contributed by atoms with van der Waals surface area (Å²) in [4.78, 5) is 17.5. The van der Waals surface area contributed by atoms with Gasteiger partial charge >= 0.3 is 18.3 Å². The summed E-state index contributed by atoms with van der Waals surface area (Å²) in [5.41, 5.74) is -2.53. The number of hydrogen-bond donors (Lipinski definition) is 2. The van der Waals surface area contributed by atoms with Gasteiger partial charge < -0.3 is 15.1 Å². The minimum Gasteiger partial charge on any atom is -0.492 e. The summed E-state index contributed by atoms with van der Waals surface area (Å²) >= 11 is 0.973. The van der Waals surface area contributed by atoms with E-state index >= 15 is 0 Å². The second-order valence-electron chi connectivity index (χ2n) is 9.41. The highest BCUT2D eigenvalue weighted by molar-refractivity contribution is 7.17. The Kier molecular flexibility index (Phi) is 7.06. The fraction of sp³-hybridized carbons (Fsp3) is 0.308. The minimum atomic E-state index is -5.08. The number of carboxylic acid groups (broad SMARTS) is 1. The van der Waals surface area contributed by atoms with Crippen molar-refractivity contribution >= 4 is 34.2 Å². The number of carboxylic acids is 1. The first-order chi connectivity index (χ1) is 18.8. The molecule has 3 heterocycles. The Morgan fingerprint density at radius 1 is 1.07 bits per heavy atom. The fourth-order valence-corrected chi connectivity index (χ4v) is 5.81. The van der Waals surface area contributed by atoms with Gasteiger partial charge in [-0.15, -0.1) is 0 Å². The van der Waals surface area contributed by atoms with Gasteiger partial charge in [-0.25, -0.2) is 0 Å². The second-order valence-corrected chi connectivity index (χ2v) is 10.4. The molecule has 2 aliphatic rings. The highest BCUT2D eigenvalue weighted by atomic mass is 32.1. The third-order valence-electron chi connectivity index (χ3n) is 6.76. The Morgan fingerprint density at radius 3 is 2.55 bits per heavy atom. The number of nitrogens with zero attached hydrogens (tertiary/aromatic N) is 4. The number of aliphatic carboxylic acids is 1. The number of halogens is 6. The summed E-state index contributed by atoms with van der Waals surface area (Å²) in [6, 6.07) is 6.24.